The number of ether oxygens (including phenoxy) is 2. The molecule has 0 radical (unpaired) electrons. The minimum absolute atomic E-state index is 0.127. The van der Waals surface area contributed by atoms with Crippen LogP contribution < -0.4 is 19.1 Å². The first-order chi connectivity index (χ1) is 15.9. The molecule has 0 unspecified atom stereocenters. The Morgan fingerprint density at radius 2 is 1.79 bits per heavy atom. The molecule has 0 bridgehead atoms. The summed E-state index contributed by atoms with van der Waals surface area (Å²) in [6, 6.07) is 21.1. The zero-order chi connectivity index (χ0) is 23.4. The maximum absolute atomic E-state index is 13.4. The number of amides is 1. The van der Waals surface area contributed by atoms with Crippen LogP contribution in [0.15, 0.2) is 77.7 Å². The van der Waals surface area contributed by atoms with E-state index in [-0.39, 0.29) is 24.6 Å². The molecule has 0 aliphatic carbocycles. The molecular weight excluding hydrogens is 440 g/mol. The van der Waals surface area contributed by atoms with Crippen molar-refractivity contribution in [3.63, 3.8) is 0 Å². The Morgan fingerprint density at radius 3 is 2.55 bits per heavy atom. The van der Waals surface area contributed by atoms with Crippen LogP contribution in [0.1, 0.15) is 11.1 Å². The number of carbonyl (C=O) groups is 1. The molecule has 7 nitrogen and oxygen atoms in total. The molecule has 1 atom stereocenters. The molecule has 0 saturated carbocycles. The number of sulfonamides is 1. The highest BCUT2D eigenvalue weighted by molar-refractivity contribution is 7.92. The van der Waals surface area contributed by atoms with Crippen molar-refractivity contribution in [1.29, 1.82) is 0 Å². The molecule has 8 heteroatoms. The van der Waals surface area contributed by atoms with E-state index in [1.807, 2.05) is 44.2 Å². The average Bonchev–Trinajstić information content (AvgIpc) is 2.82. The number of hydrogen-bond acceptors (Lipinski definition) is 5. The van der Waals surface area contributed by atoms with Crippen molar-refractivity contribution in [3.05, 3.63) is 83.9 Å². The minimum Gasteiger partial charge on any atom is -0.491 e. The smallest absolute Gasteiger partial charge is 0.264 e. The molecule has 3 aromatic carbocycles. The predicted molar refractivity (Wildman–Crippen MR) is 126 cm³/mol. The maximum Gasteiger partial charge on any atom is 0.264 e. The molecular formula is C25H26N2O5S. The SMILES string of the molecule is Cc1ccc2c(c1)N(S(=O)(=O)c1ccccc1)C[C@@H](C(=O)NCCOc1ccccc1C)O2. The van der Waals surface area contributed by atoms with Crippen LogP contribution in [0, 0.1) is 13.8 Å². The number of nitrogens with one attached hydrogen (secondary N) is 1. The second-order valence-corrected chi connectivity index (χ2v) is 9.69. The number of para-hydroxylation sites is 1. The van der Waals surface area contributed by atoms with Crippen LogP contribution in [-0.2, 0) is 14.8 Å². The van der Waals surface area contributed by atoms with Gasteiger partial charge in [0.25, 0.3) is 15.9 Å². The lowest BCUT2D eigenvalue weighted by Crippen LogP contribution is -2.51. The summed E-state index contributed by atoms with van der Waals surface area (Å²) in [7, 11) is -3.88. The summed E-state index contributed by atoms with van der Waals surface area (Å²) < 4.78 is 39.6. The van der Waals surface area contributed by atoms with Crippen LogP contribution in [0.5, 0.6) is 11.5 Å². The largest absolute Gasteiger partial charge is 0.491 e. The Balaban J connectivity index is 1.49. The van der Waals surface area contributed by atoms with Crippen LogP contribution in [0.4, 0.5) is 5.69 Å². The van der Waals surface area contributed by atoms with E-state index in [0.717, 1.165) is 16.9 Å². The molecule has 1 N–H and O–H groups in total. The van der Waals surface area contributed by atoms with Crippen molar-refractivity contribution in [3.8, 4) is 11.5 Å². The van der Waals surface area contributed by atoms with E-state index in [1.54, 1.807) is 30.3 Å². The number of anilines is 1. The van der Waals surface area contributed by atoms with Crippen LogP contribution >= 0.6 is 0 Å². The summed E-state index contributed by atoms with van der Waals surface area (Å²) >= 11 is 0. The van der Waals surface area contributed by atoms with Gasteiger partial charge in [-0.1, -0.05) is 42.5 Å². The van der Waals surface area contributed by atoms with Gasteiger partial charge in [0.15, 0.2) is 6.10 Å². The molecule has 4 rings (SSSR count). The summed E-state index contributed by atoms with van der Waals surface area (Å²) in [5.74, 6) is 0.704. The molecule has 1 aliphatic rings. The topological polar surface area (TPSA) is 84.9 Å². The summed E-state index contributed by atoms with van der Waals surface area (Å²) in [5, 5.41) is 2.79. The lowest BCUT2D eigenvalue weighted by molar-refractivity contribution is -0.127. The highest BCUT2D eigenvalue weighted by Gasteiger charge is 2.37. The van der Waals surface area contributed by atoms with E-state index in [2.05, 4.69) is 5.32 Å². The summed E-state index contributed by atoms with van der Waals surface area (Å²) in [5.41, 5.74) is 2.32. The predicted octanol–water partition coefficient (Wildman–Crippen LogP) is 3.45. The van der Waals surface area contributed by atoms with Crippen molar-refractivity contribution in [1.82, 2.24) is 5.32 Å². The molecule has 0 saturated heterocycles. The molecule has 0 spiro atoms. The molecule has 0 aromatic heterocycles. The van der Waals surface area contributed by atoms with Crippen molar-refractivity contribution < 1.29 is 22.7 Å². The monoisotopic (exact) mass is 466 g/mol. The lowest BCUT2D eigenvalue weighted by Gasteiger charge is -2.35. The van der Waals surface area contributed by atoms with E-state index in [4.69, 9.17) is 9.47 Å². The summed E-state index contributed by atoms with van der Waals surface area (Å²) in [6.07, 6.45) is -0.989. The van der Waals surface area contributed by atoms with Crippen molar-refractivity contribution in [2.75, 3.05) is 24.0 Å². The van der Waals surface area contributed by atoms with E-state index in [9.17, 15) is 13.2 Å². The molecule has 1 heterocycles. The zero-order valence-corrected chi connectivity index (χ0v) is 19.3. The number of aryl methyl sites for hydroxylation is 2. The number of nitrogens with zero attached hydrogens (tertiary/aromatic N) is 1. The Morgan fingerprint density at radius 1 is 1.06 bits per heavy atom. The van der Waals surface area contributed by atoms with Crippen LogP contribution in [0.25, 0.3) is 0 Å². The quantitative estimate of drug-likeness (QED) is 0.539. The highest BCUT2D eigenvalue weighted by Crippen LogP contribution is 2.37. The second-order valence-electron chi connectivity index (χ2n) is 7.83. The molecule has 33 heavy (non-hydrogen) atoms. The summed E-state index contributed by atoms with van der Waals surface area (Å²) in [6.45, 7) is 4.24. The van der Waals surface area contributed by atoms with E-state index >= 15 is 0 Å². The molecule has 1 aliphatic heterocycles. The van der Waals surface area contributed by atoms with Gasteiger partial charge < -0.3 is 14.8 Å². The maximum atomic E-state index is 13.4. The first kappa shape index (κ1) is 22.7. The van der Waals surface area contributed by atoms with Gasteiger partial charge in [-0.05, 0) is 55.3 Å². The Bertz CT molecular complexity index is 1240. The van der Waals surface area contributed by atoms with Gasteiger partial charge >= 0.3 is 0 Å². The Hall–Kier alpha value is -3.52. The van der Waals surface area contributed by atoms with Crippen LogP contribution in [0.3, 0.4) is 0 Å². The van der Waals surface area contributed by atoms with Crippen molar-refractivity contribution in [2.24, 2.45) is 0 Å². The zero-order valence-electron chi connectivity index (χ0n) is 18.5. The average molecular weight is 467 g/mol. The lowest BCUT2D eigenvalue weighted by atomic mass is 10.1. The van der Waals surface area contributed by atoms with Gasteiger partial charge in [-0.25, -0.2) is 8.42 Å². The van der Waals surface area contributed by atoms with E-state index in [0.29, 0.717) is 11.4 Å². The van der Waals surface area contributed by atoms with Crippen LogP contribution in [0.2, 0.25) is 0 Å². The molecule has 3 aromatic rings. The Labute approximate surface area is 194 Å². The third-order valence-corrected chi connectivity index (χ3v) is 7.15. The molecule has 0 fully saturated rings. The number of fused-ring (bicyclic) bond motifs is 1. The first-order valence-corrected chi connectivity index (χ1v) is 12.1. The van der Waals surface area contributed by atoms with Gasteiger partial charge in [-0.2, -0.15) is 0 Å². The first-order valence-electron chi connectivity index (χ1n) is 10.7. The number of carbonyl (C=O) groups excluding carboxylic acids is 1. The second kappa shape index (κ2) is 9.54. The van der Waals surface area contributed by atoms with Gasteiger partial charge in [0, 0.05) is 0 Å². The van der Waals surface area contributed by atoms with Gasteiger partial charge in [0.2, 0.25) is 0 Å². The van der Waals surface area contributed by atoms with E-state index < -0.39 is 22.0 Å². The fourth-order valence-corrected chi connectivity index (χ4v) is 5.10. The number of rotatable bonds is 7. The third-order valence-electron chi connectivity index (χ3n) is 5.36. The van der Waals surface area contributed by atoms with Crippen LogP contribution in [-0.4, -0.2) is 40.1 Å². The van der Waals surface area contributed by atoms with Gasteiger partial charge in [0.05, 0.1) is 23.7 Å². The third kappa shape index (κ3) is 4.96. The minimum atomic E-state index is -3.88. The van der Waals surface area contributed by atoms with Gasteiger partial charge in [-0.3, -0.25) is 9.10 Å². The van der Waals surface area contributed by atoms with E-state index in [1.165, 1.54) is 16.4 Å². The van der Waals surface area contributed by atoms with Crippen molar-refractivity contribution in [2.45, 2.75) is 24.8 Å². The van der Waals surface area contributed by atoms with Gasteiger partial charge in [0.1, 0.15) is 18.1 Å². The standard InChI is InChI=1S/C25H26N2O5S/c1-18-12-13-23-21(16-18)27(33(29,30)20-9-4-3-5-10-20)17-24(32-23)25(28)26-14-15-31-22-11-7-6-8-19(22)2/h3-13,16,24H,14-15,17H2,1-2H3,(H,26,28)/t24-/m0/s1. The highest BCUT2D eigenvalue weighted by atomic mass is 32.2. The van der Waals surface area contributed by atoms with Crippen molar-refractivity contribution >= 4 is 21.6 Å². The fraction of sp³-hybridized carbons (Fsp3) is 0.240. The molecule has 1 amide bonds. The number of benzene rings is 3. The Kier molecular flexibility index (Phi) is 6.55. The molecule has 172 valence electrons. The summed E-state index contributed by atoms with van der Waals surface area (Å²) in [4.78, 5) is 13.0. The normalized spacial score (nSPS) is 15.3. The fourth-order valence-electron chi connectivity index (χ4n) is 3.61. The number of hydrogen-bond donors (Lipinski definition) is 1. The van der Waals surface area contributed by atoms with Gasteiger partial charge in [-0.15, -0.1) is 0 Å².